The van der Waals surface area contributed by atoms with E-state index in [0.717, 1.165) is 17.7 Å². The largest absolute Gasteiger partial charge is 0.340 e. The molecule has 2 aromatic carbocycles. The molecule has 1 aromatic heterocycles. The van der Waals surface area contributed by atoms with E-state index in [2.05, 4.69) is 27.4 Å². The van der Waals surface area contributed by atoms with Crippen LogP contribution in [0, 0.1) is 6.92 Å². The lowest BCUT2D eigenvalue weighted by molar-refractivity contribution is 0.0728. The number of aromatic nitrogens is 2. The smallest absolute Gasteiger partial charge is 0.272 e. The summed E-state index contributed by atoms with van der Waals surface area (Å²) in [5, 5.41) is 3.86. The molecule has 4 rings (SSSR count). The topological polar surface area (TPSA) is 58.1 Å². The maximum Gasteiger partial charge on any atom is 0.272 e. The summed E-state index contributed by atoms with van der Waals surface area (Å²) in [6.07, 6.45) is 2.27. The van der Waals surface area contributed by atoms with Gasteiger partial charge in [0.1, 0.15) is 17.8 Å². The summed E-state index contributed by atoms with van der Waals surface area (Å²) in [5.74, 6) is 0.475. The molecule has 0 atom stereocenters. The van der Waals surface area contributed by atoms with Gasteiger partial charge >= 0.3 is 0 Å². The fraction of sp³-hybridized carbons (Fsp3) is 0.190. The Morgan fingerprint density at radius 1 is 1.11 bits per heavy atom. The highest BCUT2D eigenvalue weighted by molar-refractivity contribution is 6.31. The molecule has 5 nitrogen and oxygen atoms in total. The van der Waals surface area contributed by atoms with Crippen LogP contribution in [0.15, 0.2) is 54.9 Å². The number of nitrogens with zero attached hydrogens (tertiary/aromatic N) is 3. The van der Waals surface area contributed by atoms with Gasteiger partial charge in [-0.05, 0) is 42.2 Å². The van der Waals surface area contributed by atoms with Gasteiger partial charge in [0.25, 0.3) is 5.91 Å². The molecule has 0 radical (unpaired) electrons. The van der Waals surface area contributed by atoms with Crippen molar-refractivity contribution in [3.63, 3.8) is 0 Å². The number of rotatable bonds is 3. The average molecular weight is 379 g/mol. The zero-order valence-corrected chi connectivity index (χ0v) is 15.7. The van der Waals surface area contributed by atoms with Gasteiger partial charge in [-0.25, -0.2) is 9.97 Å². The first-order chi connectivity index (χ1) is 13.1. The van der Waals surface area contributed by atoms with Gasteiger partial charge in [-0.2, -0.15) is 0 Å². The fourth-order valence-corrected chi connectivity index (χ4v) is 3.37. The van der Waals surface area contributed by atoms with E-state index in [-0.39, 0.29) is 5.91 Å². The van der Waals surface area contributed by atoms with Gasteiger partial charge in [0.05, 0.1) is 0 Å². The summed E-state index contributed by atoms with van der Waals surface area (Å²) < 4.78 is 0. The monoisotopic (exact) mass is 378 g/mol. The predicted octanol–water partition coefficient (Wildman–Crippen LogP) is 4.38. The highest BCUT2D eigenvalue weighted by Gasteiger charge is 2.22. The molecule has 1 aliphatic heterocycles. The Kier molecular flexibility index (Phi) is 4.77. The number of benzene rings is 2. The number of hydrogen-bond donors (Lipinski definition) is 1. The molecule has 0 aliphatic carbocycles. The Labute approximate surface area is 163 Å². The van der Waals surface area contributed by atoms with Crippen LogP contribution in [0.1, 0.15) is 27.2 Å². The van der Waals surface area contributed by atoms with Crippen LogP contribution in [-0.4, -0.2) is 27.3 Å². The Bertz CT molecular complexity index is 1000. The molecule has 6 heteroatoms. The number of amides is 1. The van der Waals surface area contributed by atoms with Crippen LogP contribution in [0.2, 0.25) is 5.02 Å². The van der Waals surface area contributed by atoms with Crippen molar-refractivity contribution in [2.24, 2.45) is 0 Å². The second-order valence-corrected chi connectivity index (χ2v) is 7.03. The van der Waals surface area contributed by atoms with Crippen LogP contribution in [0.4, 0.5) is 11.5 Å². The van der Waals surface area contributed by atoms with E-state index in [9.17, 15) is 4.79 Å². The fourth-order valence-electron chi connectivity index (χ4n) is 3.19. The second-order valence-electron chi connectivity index (χ2n) is 6.62. The van der Waals surface area contributed by atoms with Gasteiger partial charge in [0.15, 0.2) is 0 Å². The van der Waals surface area contributed by atoms with E-state index in [1.54, 1.807) is 6.07 Å². The lowest BCUT2D eigenvalue weighted by atomic mass is 10.00. The van der Waals surface area contributed by atoms with Crippen LogP contribution in [0.3, 0.4) is 0 Å². The van der Waals surface area contributed by atoms with Crippen molar-refractivity contribution < 1.29 is 4.79 Å². The van der Waals surface area contributed by atoms with Crippen molar-refractivity contribution >= 4 is 29.0 Å². The van der Waals surface area contributed by atoms with Crippen LogP contribution in [-0.2, 0) is 13.0 Å². The molecule has 1 N–H and O–H groups in total. The summed E-state index contributed by atoms with van der Waals surface area (Å²) in [4.78, 5) is 23.1. The third-order valence-corrected chi connectivity index (χ3v) is 5.16. The van der Waals surface area contributed by atoms with Crippen molar-refractivity contribution in [1.29, 1.82) is 0 Å². The SMILES string of the molecule is Cc1ccc(Nc2cc(C(=O)N3CCc4ccccc4C3)ncn2)cc1Cl. The van der Waals surface area contributed by atoms with E-state index in [0.29, 0.717) is 29.6 Å². The van der Waals surface area contributed by atoms with Crippen molar-refractivity contribution in [1.82, 2.24) is 14.9 Å². The lowest BCUT2D eigenvalue weighted by Crippen LogP contribution is -2.36. The molecule has 136 valence electrons. The quantitative estimate of drug-likeness (QED) is 0.734. The van der Waals surface area contributed by atoms with Crippen LogP contribution < -0.4 is 5.32 Å². The molecule has 0 saturated carbocycles. The van der Waals surface area contributed by atoms with Crippen LogP contribution in [0.25, 0.3) is 0 Å². The van der Waals surface area contributed by atoms with E-state index in [1.165, 1.54) is 17.5 Å². The second kappa shape index (κ2) is 7.37. The molecule has 0 fully saturated rings. The summed E-state index contributed by atoms with van der Waals surface area (Å²) in [5.41, 5.74) is 4.70. The Hall–Kier alpha value is -2.92. The van der Waals surface area contributed by atoms with Crippen molar-refractivity contribution in [2.75, 3.05) is 11.9 Å². The first-order valence-corrected chi connectivity index (χ1v) is 9.19. The minimum atomic E-state index is -0.0862. The van der Waals surface area contributed by atoms with Crippen molar-refractivity contribution in [2.45, 2.75) is 19.9 Å². The van der Waals surface area contributed by atoms with Gasteiger partial charge in [-0.3, -0.25) is 4.79 Å². The number of anilines is 2. The molecular weight excluding hydrogens is 360 g/mol. The Morgan fingerprint density at radius 2 is 1.93 bits per heavy atom. The van der Waals surface area contributed by atoms with E-state index in [4.69, 9.17) is 11.6 Å². The van der Waals surface area contributed by atoms with Gasteiger partial charge in [0, 0.05) is 29.9 Å². The highest BCUT2D eigenvalue weighted by Crippen LogP contribution is 2.23. The Balaban J connectivity index is 1.52. The molecule has 0 bridgehead atoms. The number of halogens is 1. The highest BCUT2D eigenvalue weighted by atomic mass is 35.5. The molecule has 0 saturated heterocycles. The third kappa shape index (κ3) is 3.78. The summed E-state index contributed by atoms with van der Waals surface area (Å²) in [6, 6.07) is 15.6. The Morgan fingerprint density at radius 3 is 2.74 bits per heavy atom. The van der Waals surface area contributed by atoms with Crippen molar-refractivity contribution in [3.8, 4) is 0 Å². The molecule has 27 heavy (non-hydrogen) atoms. The van der Waals surface area contributed by atoms with Crippen LogP contribution >= 0.6 is 11.6 Å². The maximum absolute atomic E-state index is 12.9. The van der Waals surface area contributed by atoms with Gasteiger partial charge < -0.3 is 10.2 Å². The molecule has 2 heterocycles. The van der Waals surface area contributed by atoms with Gasteiger partial charge in [0.2, 0.25) is 0 Å². The summed E-state index contributed by atoms with van der Waals surface area (Å²) in [6.45, 7) is 3.25. The number of hydrogen-bond acceptors (Lipinski definition) is 4. The first-order valence-electron chi connectivity index (χ1n) is 8.81. The zero-order chi connectivity index (χ0) is 18.8. The number of fused-ring (bicyclic) bond motifs is 1. The molecular formula is C21H19ClN4O. The van der Waals surface area contributed by atoms with E-state index in [1.807, 2.05) is 42.2 Å². The lowest BCUT2D eigenvalue weighted by Gasteiger charge is -2.28. The normalized spacial score (nSPS) is 13.2. The number of nitrogens with one attached hydrogen (secondary N) is 1. The minimum absolute atomic E-state index is 0.0862. The molecule has 0 spiro atoms. The predicted molar refractivity (Wildman–Crippen MR) is 106 cm³/mol. The van der Waals surface area contributed by atoms with Crippen LogP contribution in [0.5, 0.6) is 0 Å². The maximum atomic E-state index is 12.9. The first kappa shape index (κ1) is 17.5. The molecule has 1 aliphatic rings. The zero-order valence-electron chi connectivity index (χ0n) is 14.9. The molecule has 1 amide bonds. The molecule has 0 unspecified atom stereocenters. The summed E-state index contributed by atoms with van der Waals surface area (Å²) in [7, 11) is 0. The number of carbonyl (C=O) groups is 1. The number of carbonyl (C=O) groups excluding carboxylic acids is 1. The van der Waals surface area contributed by atoms with E-state index < -0.39 is 0 Å². The summed E-state index contributed by atoms with van der Waals surface area (Å²) >= 11 is 6.17. The van der Waals surface area contributed by atoms with Gasteiger partial charge in [-0.15, -0.1) is 0 Å². The number of aryl methyl sites for hydroxylation is 1. The van der Waals surface area contributed by atoms with Gasteiger partial charge in [-0.1, -0.05) is 41.9 Å². The average Bonchev–Trinajstić information content (AvgIpc) is 2.70. The standard InChI is InChI=1S/C21H19ClN4O/c1-14-6-7-17(10-18(14)22)25-20-11-19(23-13-24-20)21(27)26-9-8-15-4-2-3-5-16(15)12-26/h2-7,10-11,13H,8-9,12H2,1H3,(H,23,24,25). The van der Waals surface area contributed by atoms with E-state index >= 15 is 0 Å². The third-order valence-electron chi connectivity index (χ3n) is 4.75. The minimum Gasteiger partial charge on any atom is -0.340 e. The molecule has 3 aromatic rings. The van der Waals surface area contributed by atoms with Crippen molar-refractivity contribution in [3.05, 3.63) is 82.3 Å².